The van der Waals surface area contributed by atoms with Gasteiger partial charge in [-0.1, -0.05) is 28.1 Å². The molecule has 2 N–H and O–H groups in total. The van der Waals surface area contributed by atoms with Crippen LogP contribution in [0.4, 0.5) is 0 Å². The Morgan fingerprint density at radius 3 is 2.43 bits per heavy atom. The summed E-state index contributed by atoms with van der Waals surface area (Å²) >= 11 is 3.38. The number of benzene rings is 1. The Balaban J connectivity index is 2.34. The highest BCUT2D eigenvalue weighted by molar-refractivity contribution is 9.10. The summed E-state index contributed by atoms with van der Waals surface area (Å²) in [4.78, 5) is 27.3. The van der Waals surface area contributed by atoms with Crippen LogP contribution in [0, 0.1) is 0 Å². The zero-order valence-corrected chi connectivity index (χ0v) is 15.2. The molecule has 0 saturated carbocycles. The molecule has 5 nitrogen and oxygen atoms in total. The van der Waals surface area contributed by atoms with Crippen molar-refractivity contribution in [2.24, 2.45) is 0 Å². The average Bonchev–Trinajstić information content (AvgIpc) is 2.72. The van der Waals surface area contributed by atoms with Crippen LogP contribution in [0.25, 0.3) is 0 Å². The van der Waals surface area contributed by atoms with Crippen molar-refractivity contribution in [2.45, 2.75) is 19.4 Å². The Kier molecular flexibility index (Phi) is 5.59. The third-order valence-corrected chi connectivity index (χ3v) is 4.47. The predicted molar refractivity (Wildman–Crippen MR) is 91.2 cm³/mol. The highest BCUT2D eigenvalue weighted by Crippen LogP contribution is 2.37. The minimum Gasteiger partial charge on any atom is -0.503 e. The lowest BCUT2D eigenvalue weighted by Gasteiger charge is -2.26. The second kappa shape index (κ2) is 7.27. The van der Waals surface area contributed by atoms with Crippen molar-refractivity contribution in [1.29, 1.82) is 0 Å². The Morgan fingerprint density at radius 1 is 1.30 bits per heavy atom. The molecule has 1 aromatic rings. The van der Waals surface area contributed by atoms with E-state index in [0.717, 1.165) is 23.0 Å². The van der Waals surface area contributed by atoms with Crippen LogP contribution < -0.4 is 4.90 Å². The summed E-state index contributed by atoms with van der Waals surface area (Å²) in [5, 5.41) is 10.1. The van der Waals surface area contributed by atoms with Crippen molar-refractivity contribution in [2.75, 3.05) is 27.2 Å². The molecule has 1 aliphatic rings. The molecule has 0 aliphatic carbocycles. The van der Waals surface area contributed by atoms with Gasteiger partial charge in [0.1, 0.15) is 0 Å². The fourth-order valence-corrected chi connectivity index (χ4v) is 3.10. The molecule has 1 atom stereocenters. The molecule has 0 spiro atoms. The van der Waals surface area contributed by atoms with Gasteiger partial charge in [0.25, 0.3) is 5.91 Å². The summed E-state index contributed by atoms with van der Waals surface area (Å²) in [6, 6.07) is 6.97. The second-order valence-electron chi connectivity index (χ2n) is 6.08. The van der Waals surface area contributed by atoms with Crippen molar-refractivity contribution in [1.82, 2.24) is 4.90 Å². The van der Waals surface area contributed by atoms with Crippen molar-refractivity contribution >= 4 is 27.6 Å². The minimum absolute atomic E-state index is 0.189. The maximum absolute atomic E-state index is 12.4. The maximum atomic E-state index is 12.4. The lowest BCUT2D eigenvalue weighted by Crippen LogP contribution is -3.05. The van der Waals surface area contributed by atoms with Gasteiger partial charge in [0, 0.05) is 17.4 Å². The molecule has 1 aliphatic heterocycles. The molecule has 0 saturated heterocycles. The standard InChI is InChI=1S/C17H21BrN2O3/c1-11(21)14-15(12-5-7-13(18)8-6-12)20(17(23)16(14)22)10-4-9-19(2)3/h5-8,15,22H,4,9-10H2,1-3H3/p+1. The fraction of sp³-hybridized carbons (Fsp3) is 0.412. The van der Waals surface area contributed by atoms with Gasteiger partial charge in [-0.3, -0.25) is 9.59 Å². The molecule has 0 bridgehead atoms. The first-order valence-electron chi connectivity index (χ1n) is 7.62. The number of aliphatic hydroxyl groups excluding tert-OH is 1. The summed E-state index contributed by atoms with van der Waals surface area (Å²) < 4.78 is 0.922. The smallest absolute Gasteiger partial charge is 0.290 e. The normalized spacial score (nSPS) is 18.2. The molecule has 0 radical (unpaired) electrons. The number of nitrogens with one attached hydrogen (secondary N) is 1. The first kappa shape index (κ1) is 17.7. The van der Waals surface area contributed by atoms with Crippen molar-refractivity contribution < 1.29 is 19.6 Å². The van der Waals surface area contributed by atoms with Gasteiger partial charge in [-0.05, 0) is 24.6 Å². The largest absolute Gasteiger partial charge is 0.503 e. The summed E-state index contributed by atoms with van der Waals surface area (Å²) in [6.07, 6.45) is 0.805. The van der Waals surface area contributed by atoms with Crippen LogP contribution in [0.5, 0.6) is 0 Å². The number of ketones is 1. The van der Waals surface area contributed by atoms with Crippen molar-refractivity contribution in [3.05, 3.63) is 45.6 Å². The Morgan fingerprint density at radius 2 is 1.91 bits per heavy atom. The second-order valence-corrected chi connectivity index (χ2v) is 7.00. The molecular formula is C17H22BrN2O3+. The summed E-state index contributed by atoms with van der Waals surface area (Å²) in [5.74, 6) is -1.15. The van der Waals surface area contributed by atoms with Gasteiger partial charge >= 0.3 is 0 Å². The average molecular weight is 382 g/mol. The minimum atomic E-state index is -0.509. The van der Waals surface area contributed by atoms with Crippen LogP contribution >= 0.6 is 15.9 Å². The number of rotatable bonds is 6. The van der Waals surface area contributed by atoms with E-state index in [4.69, 9.17) is 0 Å². The number of quaternary nitrogens is 1. The molecule has 23 heavy (non-hydrogen) atoms. The number of halogens is 1. The van der Waals surface area contributed by atoms with Gasteiger partial charge in [-0.25, -0.2) is 0 Å². The third kappa shape index (κ3) is 3.82. The molecule has 2 rings (SSSR count). The SMILES string of the molecule is CC(=O)C1=C(O)C(=O)N(CCC[NH+](C)C)C1c1ccc(Br)cc1. The van der Waals surface area contributed by atoms with Crippen LogP contribution in [0.2, 0.25) is 0 Å². The number of carbonyl (C=O) groups is 2. The molecule has 1 aromatic carbocycles. The number of carbonyl (C=O) groups excluding carboxylic acids is 2. The predicted octanol–water partition coefficient (Wildman–Crippen LogP) is 1.27. The summed E-state index contributed by atoms with van der Waals surface area (Å²) in [5.41, 5.74) is 1.02. The zero-order valence-electron chi connectivity index (χ0n) is 13.6. The van der Waals surface area contributed by atoms with E-state index in [2.05, 4.69) is 30.0 Å². The molecule has 124 valence electrons. The van der Waals surface area contributed by atoms with Gasteiger partial charge in [-0.2, -0.15) is 0 Å². The molecule has 6 heteroatoms. The van der Waals surface area contributed by atoms with Crippen molar-refractivity contribution in [3.63, 3.8) is 0 Å². The molecule has 0 aromatic heterocycles. The highest BCUT2D eigenvalue weighted by Gasteiger charge is 2.41. The Hall–Kier alpha value is -1.66. The van der Waals surface area contributed by atoms with E-state index in [1.807, 2.05) is 24.3 Å². The maximum Gasteiger partial charge on any atom is 0.290 e. The summed E-state index contributed by atoms with van der Waals surface area (Å²) in [6.45, 7) is 2.80. The summed E-state index contributed by atoms with van der Waals surface area (Å²) in [7, 11) is 4.10. The quantitative estimate of drug-likeness (QED) is 0.779. The molecule has 1 unspecified atom stereocenters. The van der Waals surface area contributed by atoms with Crippen LogP contribution in [0.1, 0.15) is 24.9 Å². The first-order chi connectivity index (χ1) is 10.8. The van der Waals surface area contributed by atoms with Crippen LogP contribution in [0.15, 0.2) is 40.1 Å². The van der Waals surface area contributed by atoms with E-state index in [1.165, 1.54) is 11.8 Å². The van der Waals surface area contributed by atoms with E-state index in [9.17, 15) is 14.7 Å². The lowest BCUT2D eigenvalue weighted by atomic mass is 9.97. The molecule has 1 amide bonds. The van der Waals surface area contributed by atoms with Crippen LogP contribution in [-0.4, -0.2) is 48.9 Å². The first-order valence-corrected chi connectivity index (χ1v) is 8.41. The van der Waals surface area contributed by atoms with Gasteiger partial charge in [0.15, 0.2) is 11.5 Å². The molecule has 0 fully saturated rings. The Bertz CT molecular complexity index is 638. The van der Waals surface area contributed by atoms with Gasteiger partial charge < -0.3 is 14.9 Å². The number of Topliss-reactive ketones (excluding diaryl/α,β-unsaturated/α-hetero) is 1. The number of amides is 1. The number of nitrogens with zero attached hydrogens (tertiary/aromatic N) is 1. The van der Waals surface area contributed by atoms with E-state index in [0.29, 0.717) is 6.54 Å². The van der Waals surface area contributed by atoms with E-state index in [1.54, 1.807) is 4.90 Å². The van der Waals surface area contributed by atoms with E-state index in [-0.39, 0.29) is 11.4 Å². The zero-order chi connectivity index (χ0) is 17.1. The monoisotopic (exact) mass is 381 g/mol. The topological polar surface area (TPSA) is 62.0 Å². The van der Waals surface area contributed by atoms with Gasteiger partial charge in [0.05, 0.1) is 32.3 Å². The number of aliphatic hydroxyl groups is 1. The molecular weight excluding hydrogens is 360 g/mol. The van der Waals surface area contributed by atoms with Crippen molar-refractivity contribution in [3.8, 4) is 0 Å². The van der Waals surface area contributed by atoms with Crippen LogP contribution in [-0.2, 0) is 9.59 Å². The fourth-order valence-electron chi connectivity index (χ4n) is 2.84. The highest BCUT2D eigenvalue weighted by atomic mass is 79.9. The van der Waals surface area contributed by atoms with Crippen LogP contribution in [0.3, 0.4) is 0 Å². The molecule has 1 heterocycles. The lowest BCUT2D eigenvalue weighted by molar-refractivity contribution is -0.858. The van der Waals surface area contributed by atoms with Gasteiger partial charge in [0.2, 0.25) is 0 Å². The number of hydrogen-bond donors (Lipinski definition) is 2. The Labute approximate surface area is 144 Å². The van der Waals surface area contributed by atoms with E-state index < -0.39 is 17.7 Å². The van der Waals surface area contributed by atoms with E-state index >= 15 is 0 Å². The number of hydrogen-bond acceptors (Lipinski definition) is 3. The third-order valence-electron chi connectivity index (χ3n) is 3.94. The van der Waals surface area contributed by atoms with Gasteiger partial charge in [-0.15, -0.1) is 0 Å².